The fourth-order valence-corrected chi connectivity index (χ4v) is 3.71. The summed E-state index contributed by atoms with van der Waals surface area (Å²) in [7, 11) is 0. The van der Waals surface area contributed by atoms with Gasteiger partial charge in [0.15, 0.2) is 5.79 Å². The highest BCUT2D eigenvalue weighted by molar-refractivity contribution is 7.97. The number of fused-ring (bicyclic) bond motifs is 1. The van der Waals surface area contributed by atoms with Crippen LogP contribution in [0.5, 0.6) is 0 Å². The number of hydrogen-bond acceptors (Lipinski definition) is 5. The highest BCUT2D eigenvalue weighted by Crippen LogP contribution is 2.31. The van der Waals surface area contributed by atoms with Gasteiger partial charge in [0.05, 0.1) is 24.1 Å². The number of aromatic amines is 1. The summed E-state index contributed by atoms with van der Waals surface area (Å²) in [6.45, 7) is 4.98. The van der Waals surface area contributed by atoms with Crippen LogP contribution in [0, 0.1) is 0 Å². The standard InChI is InChI=1S/C19H21N3O3S.2H2O/c1-19(2)24-11-13(25-19)9-22-10-15(12-3-5-14(26-20)6-4-12)17-16(22)7-8-21-18(17)23;;/h3-8,10,13H,9,11,20H2,1-2H3,(H,21,23);2*1H2. The number of nitrogens with one attached hydrogen (secondary N) is 1. The lowest BCUT2D eigenvalue weighted by atomic mass is 10.1. The average molecular weight is 407 g/mol. The Morgan fingerprint density at radius 3 is 2.57 bits per heavy atom. The lowest BCUT2D eigenvalue weighted by molar-refractivity contribution is -0.139. The first-order valence-electron chi connectivity index (χ1n) is 8.46. The van der Waals surface area contributed by atoms with Crippen LogP contribution in [0.15, 0.2) is 52.4 Å². The smallest absolute Gasteiger partial charge is 0.258 e. The van der Waals surface area contributed by atoms with Crippen molar-refractivity contribution in [3.63, 3.8) is 0 Å². The van der Waals surface area contributed by atoms with Crippen LogP contribution in [0.4, 0.5) is 0 Å². The number of nitrogens with two attached hydrogens (primary N) is 1. The molecule has 0 amide bonds. The molecule has 0 saturated carbocycles. The first kappa shape index (κ1) is 22.2. The summed E-state index contributed by atoms with van der Waals surface area (Å²) in [6.07, 6.45) is 3.64. The van der Waals surface area contributed by atoms with Crippen LogP contribution >= 0.6 is 11.9 Å². The van der Waals surface area contributed by atoms with Gasteiger partial charge < -0.3 is 30.0 Å². The number of hydrogen-bond donors (Lipinski definition) is 2. The molecule has 152 valence electrons. The molecule has 1 fully saturated rings. The van der Waals surface area contributed by atoms with Crippen molar-refractivity contribution in [3.8, 4) is 11.1 Å². The van der Waals surface area contributed by atoms with E-state index in [2.05, 4.69) is 9.55 Å². The van der Waals surface area contributed by atoms with E-state index in [0.29, 0.717) is 18.5 Å². The number of rotatable bonds is 4. The molecule has 1 unspecified atom stereocenters. The Kier molecular flexibility index (Phi) is 6.71. The van der Waals surface area contributed by atoms with Crippen molar-refractivity contribution < 1.29 is 20.4 Å². The number of aromatic nitrogens is 2. The van der Waals surface area contributed by atoms with E-state index in [1.807, 2.05) is 50.4 Å². The van der Waals surface area contributed by atoms with Gasteiger partial charge in [-0.1, -0.05) is 12.1 Å². The number of ether oxygens (including phenoxy) is 2. The van der Waals surface area contributed by atoms with Gasteiger partial charge in [-0.25, -0.2) is 0 Å². The van der Waals surface area contributed by atoms with Crippen LogP contribution in [0.3, 0.4) is 0 Å². The maximum atomic E-state index is 12.5. The zero-order valence-electron chi connectivity index (χ0n) is 15.7. The highest BCUT2D eigenvalue weighted by atomic mass is 32.2. The third-order valence-corrected chi connectivity index (χ3v) is 5.12. The first-order valence-corrected chi connectivity index (χ1v) is 9.34. The van der Waals surface area contributed by atoms with Crippen LogP contribution in [-0.4, -0.2) is 39.0 Å². The molecule has 8 nitrogen and oxygen atoms in total. The van der Waals surface area contributed by atoms with E-state index in [4.69, 9.17) is 14.6 Å². The zero-order chi connectivity index (χ0) is 18.3. The number of H-pyrrole nitrogens is 1. The van der Waals surface area contributed by atoms with Crippen molar-refractivity contribution in [2.45, 2.75) is 37.2 Å². The average Bonchev–Trinajstić information content (AvgIpc) is 3.16. The second-order valence-electron chi connectivity index (χ2n) is 6.86. The van der Waals surface area contributed by atoms with E-state index >= 15 is 0 Å². The van der Waals surface area contributed by atoms with Gasteiger partial charge in [-0.05, 0) is 49.6 Å². The fraction of sp³-hybridized carbons (Fsp3) is 0.316. The number of benzene rings is 1. The second kappa shape index (κ2) is 8.48. The van der Waals surface area contributed by atoms with Crippen molar-refractivity contribution in [1.29, 1.82) is 0 Å². The molecule has 2 aromatic heterocycles. The van der Waals surface area contributed by atoms with Crippen molar-refractivity contribution in [3.05, 3.63) is 53.1 Å². The lowest BCUT2D eigenvalue weighted by Crippen LogP contribution is -2.24. The van der Waals surface area contributed by atoms with Gasteiger partial charge in [0.25, 0.3) is 5.56 Å². The highest BCUT2D eigenvalue weighted by Gasteiger charge is 2.33. The Morgan fingerprint density at radius 1 is 1.25 bits per heavy atom. The Bertz CT molecular complexity index is 997. The molecule has 1 aromatic carbocycles. The summed E-state index contributed by atoms with van der Waals surface area (Å²) in [6, 6.07) is 9.80. The molecule has 1 aliphatic heterocycles. The summed E-state index contributed by atoms with van der Waals surface area (Å²) in [5, 5.41) is 6.28. The van der Waals surface area contributed by atoms with E-state index in [1.165, 1.54) is 11.9 Å². The van der Waals surface area contributed by atoms with Crippen LogP contribution < -0.4 is 10.7 Å². The summed E-state index contributed by atoms with van der Waals surface area (Å²) in [5.74, 6) is -0.566. The van der Waals surface area contributed by atoms with Gasteiger partial charge in [0.1, 0.15) is 6.10 Å². The van der Waals surface area contributed by atoms with Crippen molar-refractivity contribution >= 4 is 22.9 Å². The maximum Gasteiger partial charge on any atom is 0.258 e. The lowest BCUT2D eigenvalue weighted by Gasteiger charge is -2.17. The molecule has 0 bridgehead atoms. The van der Waals surface area contributed by atoms with Gasteiger partial charge in [-0.3, -0.25) is 9.93 Å². The third-order valence-electron chi connectivity index (χ3n) is 4.57. The topological polar surface area (TPSA) is 145 Å². The molecule has 1 saturated heterocycles. The van der Waals surface area contributed by atoms with Crippen LogP contribution in [0.2, 0.25) is 0 Å². The number of nitrogens with zero attached hydrogens (tertiary/aromatic N) is 1. The monoisotopic (exact) mass is 407 g/mol. The van der Waals surface area contributed by atoms with Gasteiger partial charge in [-0.2, -0.15) is 0 Å². The molecular weight excluding hydrogens is 382 g/mol. The Labute approximate surface area is 166 Å². The predicted molar refractivity (Wildman–Crippen MR) is 110 cm³/mol. The van der Waals surface area contributed by atoms with Gasteiger partial charge in [0.2, 0.25) is 0 Å². The molecule has 4 rings (SSSR count). The molecule has 28 heavy (non-hydrogen) atoms. The largest absolute Gasteiger partial charge is 0.412 e. The molecule has 3 aromatic rings. The van der Waals surface area contributed by atoms with Crippen molar-refractivity contribution in [1.82, 2.24) is 9.55 Å². The van der Waals surface area contributed by atoms with Crippen molar-refractivity contribution in [2.24, 2.45) is 5.14 Å². The summed E-state index contributed by atoms with van der Waals surface area (Å²) in [5.41, 5.74) is 2.66. The molecule has 1 atom stereocenters. The Hall–Kier alpha value is -2.14. The van der Waals surface area contributed by atoms with E-state index in [9.17, 15) is 4.79 Å². The molecule has 0 aliphatic carbocycles. The SMILES string of the molecule is CC1(C)OCC(Cn2cc(-c3ccc(SN)cc3)c3c(=O)[nH]ccc32)O1.O.O. The summed E-state index contributed by atoms with van der Waals surface area (Å²) >= 11 is 1.20. The molecule has 0 radical (unpaired) electrons. The van der Waals surface area contributed by atoms with Crippen LogP contribution in [0.25, 0.3) is 22.0 Å². The summed E-state index contributed by atoms with van der Waals surface area (Å²) < 4.78 is 13.7. The van der Waals surface area contributed by atoms with Gasteiger partial charge in [-0.15, -0.1) is 0 Å². The van der Waals surface area contributed by atoms with Gasteiger partial charge in [0, 0.05) is 22.9 Å². The second-order valence-corrected chi connectivity index (χ2v) is 7.56. The molecular formula is C19H25N3O5S. The quantitative estimate of drug-likeness (QED) is 0.629. The summed E-state index contributed by atoms with van der Waals surface area (Å²) in [4.78, 5) is 16.3. The van der Waals surface area contributed by atoms with Gasteiger partial charge >= 0.3 is 0 Å². The third kappa shape index (κ3) is 4.14. The minimum absolute atomic E-state index is 0. The first-order chi connectivity index (χ1) is 12.5. The van der Waals surface area contributed by atoms with Crippen LogP contribution in [-0.2, 0) is 16.0 Å². The van der Waals surface area contributed by atoms with Crippen molar-refractivity contribution in [2.75, 3.05) is 6.61 Å². The molecule has 0 spiro atoms. The normalized spacial score (nSPS) is 17.9. The fourth-order valence-electron chi connectivity index (χ4n) is 3.41. The Balaban J connectivity index is 0.00000140. The Morgan fingerprint density at radius 2 is 1.96 bits per heavy atom. The molecule has 3 heterocycles. The molecule has 1 aliphatic rings. The predicted octanol–water partition coefficient (Wildman–Crippen LogP) is 1.46. The minimum Gasteiger partial charge on any atom is -0.412 e. The van der Waals surface area contributed by atoms with E-state index in [1.54, 1.807) is 6.20 Å². The molecule has 9 heteroatoms. The number of pyridine rings is 1. The minimum atomic E-state index is -0.566. The van der Waals surface area contributed by atoms with E-state index < -0.39 is 5.79 Å². The van der Waals surface area contributed by atoms with E-state index in [-0.39, 0.29) is 22.6 Å². The zero-order valence-corrected chi connectivity index (χ0v) is 16.5. The van der Waals surface area contributed by atoms with Crippen LogP contribution in [0.1, 0.15) is 13.8 Å². The maximum absolute atomic E-state index is 12.5. The molecule has 7 N–H and O–H groups in total. The van der Waals surface area contributed by atoms with E-state index in [0.717, 1.165) is 21.5 Å².